The van der Waals surface area contributed by atoms with Gasteiger partial charge in [-0.05, 0) is 26.2 Å². The average Bonchev–Trinajstić information content (AvgIpc) is 3.02. The molecule has 1 aromatic rings. The third-order valence-corrected chi connectivity index (χ3v) is 4.60. The van der Waals surface area contributed by atoms with Gasteiger partial charge in [0.15, 0.2) is 0 Å². The molecule has 2 unspecified atom stereocenters. The van der Waals surface area contributed by atoms with Crippen molar-refractivity contribution in [3.05, 3.63) is 11.9 Å². The number of aliphatic hydroxyl groups excluding tert-OH is 1. The number of rotatable bonds is 3. The molecule has 8 nitrogen and oxygen atoms in total. The number of ether oxygens (including phenoxy) is 1. The predicted octanol–water partition coefficient (Wildman–Crippen LogP) is 0.466. The highest BCUT2D eigenvalue weighted by Crippen LogP contribution is 2.19. The molecule has 1 aromatic heterocycles. The van der Waals surface area contributed by atoms with Crippen molar-refractivity contribution >= 4 is 6.03 Å². The molecule has 2 saturated heterocycles. The average molecular weight is 323 g/mol. The third kappa shape index (κ3) is 3.81. The molecule has 0 aromatic carbocycles. The van der Waals surface area contributed by atoms with Crippen molar-refractivity contribution in [3.8, 4) is 0 Å². The highest BCUT2D eigenvalue weighted by Gasteiger charge is 2.31. The molecule has 0 bridgehead atoms. The summed E-state index contributed by atoms with van der Waals surface area (Å²) in [4.78, 5) is 16.6. The number of hydrogen-bond acceptors (Lipinski definition) is 5. The first-order valence-electron chi connectivity index (χ1n) is 8.34. The summed E-state index contributed by atoms with van der Waals surface area (Å²) in [6, 6.07) is 0.445. The van der Waals surface area contributed by atoms with Gasteiger partial charge in [-0.2, -0.15) is 0 Å². The Morgan fingerprint density at radius 2 is 2.30 bits per heavy atom. The van der Waals surface area contributed by atoms with Crippen molar-refractivity contribution in [2.75, 3.05) is 26.2 Å². The van der Waals surface area contributed by atoms with Crippen LogP contribution < -0.4 is 0 Å². The van der Waals surface area contributed by atoms with Gasteiger partial charge in [-0.1, -0.05) is 5.21 Å². The quantitative estimate of drug-likeness (QED) is 0.874. The Hall–Kier alpha value is -1.67. The second-order valence-corrected chi connectivity index (χ2v) is 6.35. The lowest BCUT2D eigenvalue weighted by molar-refractivity contribution is -0.0307. The van der Waals surface area contributed by atoms with Crippen LogP contribution in [0.5, 0.6) is 0 Å². The Kier molecular flexibility index (Phi) is 5.12. The minimum atomic E-state index is -0.122. The van der Waals surface area contributed by atoms with Crippen LogP contribution in [0.25, 0.3) is 0 Å². The number of aromatic nitrogens is 3. The second-order valence-electron chi connectivity index (χ2n) is 6.35. The third-order valence-electron chi connectivity index (χ3n) is 4.60. The van der Waals surface area contributed by atoms with E-state index >= 15 is 0 Å². The van der Waals surface area contributed by atoms with E-state index in [1.54, 1.807) is 10.9 Å². The number of urea groups is 1. The number of carbonyl (C=O) groups is 1. The molecule has 128 valence electrons. The lowest BCUT2D eigenvalue weighted by Crippen LogP contribution is -2.54. The molecule has 2 aliphatic rings. The van der Waals surface area contributed by atoms with Crippen molar-refractivity contribution < 1.29 is 14.6 Å². The second kappa shape index (κ2) is 7.27. The normalized spacial score (nSPS) is 25.7. The van der Waals surface area contributed by atoms with Gasteiger partial charge in [0.2, 0.25) is 0 Å². The molecule has 2 fully saturated rings. The van der Waals surface area contributed by atoms with E-state index in [2.05, 4.69) is 17.2 Å². The smallest absolute Gasteiger partial charge is 0.320 e. The number of hydrogen-bond donors (Lipinski definition) is 1. The number of carbonyl (C=O) groups excluding carboxylic acids is 1. The molecule has 0 saturated carbocycles. The van der Waals surface area contributed by atoms with Crippen LogP contribution in [0.15, 0.2) is 6.20 Å². The van der Waals surface area contributed by atoms with Crippen LogP contribution in [0.4, 0.5) is 4.79 Å². The Morgan fingerprint density at radius 3 is 3.04 bits per heavy atom. The van der Waals surface area contributed by atoms with Gasteiger partial charge in [0, 0.05) is 19.1 Å². The minimum Gasteiger partial charge on any atom is -0.390 e. The molecule has 0 spiro atoms. The molecule has 23 heavy (non-hydrogen) atoms. The Morgan fingerprint density at radius 1 is 1.43 bits per heavy atom. The lowest BCUT2D eigenvalue weighted by atomic mass is 10.0. The molecule has 2 aliphatic heterocycles. The molecule has 8 heteroatoms. The van der Waals surface area contributed by atoms with E-state index in [-0.39, 0.29) is 18.7 Å². The largest absolute Gasteiger partial charge is 0.390 e. The molecule has 2 amide bonds. The first-order valence-corrected chi connectivity index (χ1v) is 8.34. The summed E-state index contributed by atoms with van der Waals surface area (Å²) in [5, 5.41) is 16.9. The summed E-state index contributed by atoms with van der Waals surface area (Å²) in [5.41, 5.74) is 0.538. The van der Waals surface area contributed by atoms with E-state index in [0.29, 0.717) is 38.0 Å². The zero-order valence-electron chi connectivity index (χ0n) is 13.6. The molecule has 0 aliphatic carbocycles. The van der Waals surface area contributed by atoms with Crippen LogP contribution in [-0.4, -0.2) is 74.3 Å². The topological polar surface area (TPSA) is 83.7 Å². The maximum Gasteiger partial charge on any atom is 0.320 e. The Bertz CT molecular complexity index is 535. The van der Waals surface area contributed by atoms with Crippen molar-refractivity contribution in [2.24, 2.45) is 0 Å². The van der Waals surface area contributed by atoms with Crippen LogP contribution in [0, 0.1) is 0 Å². The monoisotopic (exact) mass is 323 g/mol. The van der Waals surface area contributed by atoms with Gasteiger partial charge in [0.25, 0.3) is 0 Å². The van der Waals surface area contributed by atoms with Gasteiger partial charge in [0.1, 0.15) is 5.69 Å². The zero-order chi connectivity index (χ0) is 16.2. The fourth-order valence-electron chi connectivity index (χ4n) is 3.28. The summed E-state index contributed by atoms with van der Waals surface area (Å²) in [6.45, 7) is 5.13. The van der Waals surface area contributed by atoms with E-state index < -0.39 is 0 Å². The van der Waals surface area contributed by atoms with E-state index in [9.17, 15) is 4.79 Å². The Balaban J connectivity index is 1.57. The number of morpholine rings is 1. The maximum atomic E-state index is 12.7. The number of amides is 2. The van der Waals surface area contributed by atoms with Crippen molar-refractivity contribution in [1.82, 2.24) is 24.8 Å². The number of piperidine rings is 1. The molecule has 3 heterocycles. The van der Waals surface area contributed by atoms with Gasteiger partial charge < -0.3 is 19.6 Å². The van der Waals surface area contributed by atoms with Gasteiger partial charge in [0.05, 0.1) is 38.6 Å². The highest BCUT2D eigenvalue weighted by molar-refractivity contribution is 5.75. The Labute approximate surface area is 136 Å². The first-order chi connectivity index (χ1) is 11.2. The zero-order valence-corrected chi connectivity index (χ0v) is 13.6. The number of nitrogens with zero attached hydrogens (tertiary/aromatic N) is 5. The van der Waals surface area contributed by atoms with Gasteiger partial charge in [-0.15, -0.1) is 5.10 Å². The molecule has 1 N–H and O–H groups in total. The molecular formula is C15H25N5O3. The van der Waals surface area contributed by atoms with Crippen LogP contribution in [-0.2, 0) is 17.9 Å². The van der Waals surface area contributed by atoms with E-state index in [1.807, 2.05) is 9.80 Å². The fourth-order valence-corrected chi connectivity index (χ4v) is 3.28. The fraction of sp³-hybridized carbons (Fsp3) is 0.800. The summed E-state index contributed by atoms with van der Waals surface area (Å²) in [7, 11) is 0. The first kappa shape index (κ1) is 16.2. The van der Waals surface area contributed by atoms with Crippen molar-refractivity contribution in [1.29, 1.82) is 0 Å². The summed E-state index contributed by atoms with van der Waals surface area (Å²) in [6.07, 6.45) is 4.99. The summed E-state index contributed by atoms with van der Waals surface area (Å²) < 4.78 is 7.42. The van der Waals surface area contributed by atoms with Crippen LogP contribution >= 0.6 is 0 Å². The number of aliphatic hydroxyl groups is 1. The molecular weight excluding hydrogens is 298 g/mol. The molecule has 3 rings (SSSR count). The highest BCUT2D eigenvalue weighted by atomic mass is 16.5. The van der Waals surface area contributed by atoms with Crippen molar-refractivity contribution in [2.45, 2.75) is 51.5 Å². The lowest BCUT2D eigenvalue weighted by Gasteiger charge is -2.40. The van der Waals surface area contributed by atoms with Crippen LogP contribution in [0.1, 0.15) is 31.9 Å². The van der Waals surface area contributed by atoms with Gasteiger partial charge in [-0.25, -0.2) is 9.48 Å². The minimum absolute atomic E-state index is 0.0963. The van der Waals surface area contributed by atoms with Crippen LogP contribution in [0.2, 0.25) is 0 Å². The molecule has 2 atom stereocenters. The maximum absolute atomic E-state index is 12.7. The van der Waals surface area contributed by atoms with Gasteiger partial charge >= 0.3 is 6.03 Å². The van der Waals surface area contributed by atoms with Gasteiger partial charge in [-0.3, -0.25) is 0 Å². The standard InChI is InChI=1S/C15H25N5O3/c1-12-4-2-3-5-20(12)15(22)18-6-7-23-14(9-18)10-19-8-13(11-21)16-17-19/h8,12,14,21H,2-7,9-11H2,1H3. The summed E-state index contributed by atoms with van der Waals surface area (Å²) in [5.74, 6) is 0. The van der Waals surface area contributed by atoms with Crippen molar-refractivity contribution in [3.63, 3.8) is 0 Å². The number of likely N-dealkylation sites (tertiary alicyclic amines) is 1. The van der Waals surface area contributed by atoms with E-state index in [0.717, 1.165) is 19.4 Å². The predicted molar refractivity (Wildman–Crippen MR) is 82.7 cm³/mol. The summed E-state index contributed by atoms with van der Waals surface area (Å²) >= 11 is 0. The molecule has 0 radical (unpaired) electrons. The van der Waals surface area contributed by atoms with E-state index in [1.165, 1.54) is 6.42 Å². The SMILES string of the molecule is CC1CCCCN1C(=O)N1CCOC(Cn2cc(CO)nn2)C1. The van der Waals surface area contributed by atoms with E-state index in [4.69, 9.17) is 9.84 Å². The van der Waals surface area contributed by atoms with Crippen LogP contribution in [0.3, 0.4) is 0 Å².